The van der Waals surface area contributed by atoms with Crippen molar-refractivity contribution in [2.24, 2.45) is 19.5 Å². The predicted molar refractivity (Wildman–Crippen MR) is 131 cm³/mol. The molecule has 0 atom stereocenters. The van der Waals surface area contributed by atoms with Gasteiger partial charge in [0.05, 0.1) is 23.1 Å². The highest BCUT2D eigenvalue weighted by Crippen LogP contribution is 2.56. The van der Waals surface area contributed by atoms with E-state index in [9.17, 15) is 4.79 Å². The fraction of sp³-hybridized carbons (Fsp3) is 0.385. The maximum Gasteiger partial charge on any atom is 0.245 e. The van der Waals surface area contributed by atoms with Crippen LogP contribution < -0.4 is 0 Å². The van der Waals surface area contributed by atoms with E-state index < -0.39 is 0 Å². The molecule has 1 aromatic carbocycles. The number of fused-ring (bicyclic) bond motifs is 1. The van der Waals surface area contributed by atoms with Gasteiger partial charge in [-0.25, -0.2) is 4.98 Å². The zero-order valence-electron chi connectivity index (χ0n) is 20.1. The number of carbonyl (C=O) groups excluding carboxylic acids is 1. The van der Waals surface area contributed by atoms with E-state index in [4.69, 9.17) is 4.98 Å². The number of nitrogens with zero attached hydrogens (tertiary/aromatic N) is 6. The summed E-state index contributed by atoms with van der Waals surface area (Å²) in [5.74, 6) is 1.51. The van der Waals surface area contributed by atoms with Gasteiger partial charge in [0.25, 0.3) is 0 Å². The molecular formula is C26H29N7O. The van der Waals surface area contributed by atoms with E-state index in [-0.39, 0.29) is 11.3 Å². The van der Waals surface area contributed by atoms with E-state index in [0.717, 1.165) is 70.9 Å². The van der Waals surface area contributed by atoms with Crippen LogP contribution in [0.15, 0.2) is 37.2 Å². The summed E-state index contributed by atoms with van der Waals surface area (Å²) in [7, 11) is 4.08. The molecule has 1 spiro atoms. The second-order valence-electron chi connectivity index (χ2n) is 10.1. The van der Waals surface area contributed by atoms with Crippen molar-refractivity contribution in [3.63, 3.8) is 0 Å². The molecule has 1 saturated carbocycles. The van der Waals surface area contributed by atoms with Crippen LogP contribution in [0, 0.1) is 19.3 Å². The minimum atomic E-state index is 0.0337. The van der Waals surface area contributed by atoms with Crippen molar-refractivity contribution in [1.82, 2.24) is 34.4 Å². The molecule has 3 aromatic heterocycles. The van der Waals surface area contributed by atoms with Crippen molar-refractivity contribution in [2.45, 2.75) is 32.6 Å². The van der Waals surface area contributed by atoms with Gasteiger partial charge in [-0.2, -0.15) is 10.2 Å². The number of rotatable bonds is 4. The molecule has 0 unspecified atom stereocenters. The summed E-state index contributed by atoms with van der Waals surface area (Å²) in [6.45, 7) is 9.45. The number of nitrogens with one attached hydrogen (secondary N) is 1. The average Bonchev–Trinajstić information content (AvgIpc) is 3.44. The number of benzene rings is 1. The van der Waals surface area contributed by atoms with Gasteiger partial charge in [0.15, 0.2) is 0 Å². The summed E-state index contributed by atoms with van der Waals surface area (Å²) in [5.41, 5.74) is 7.70. The highest BCUT2D eigenvalue weighted by molar-refractivity contribution is 5.99. The second kappa shape index (κ2) is 7.16. The number of hydrogen-bond acceptors (Lipinski definition) is 4. The molecule has 1 saturated heterocycles. The lowest BCUT2D eigenvalue weighted by Crippen LogP contribution is -2.63. The lowest BCUT2D eigenvalue weighted by Gasteiger charge is -2.58. The first kappa shape index (κ1) is 20.9. The normalized spacial score (nSPS) is 17.2. The highest BCUT2D eigenvalue weighted by Gasteiger charge is 2.54. The van der Waals surface area contributed by atoms with Crippen LogP contribution in [-0.2, 0) is 18.9 Å². The molecule has 0 radical (unpaired) electrons. The van der Waals surface area contributed by atoms with E-state index in [2.05, 4.69) is 58.7 Å². The van der Waals surface area contributed by atoms with Gasteiger partial charge < -0.3 is 9.47 Å². The fourth-order valence-corrected chi connectivity index (χ4v) is 6.10. The van der Waals surface area contributed by atoms with Crippen LogP contribution >= 0.6 is 0 Å². The molecule has 1 amide bonds. The summed E-state index contributed by atoms with van der Waals surface area (Å²) < 4.78 is 4.13. The maximum absolute atomic E-state index is 11.9. The first-order valence-electron chi connectivity index (χ1n) is 11.7. The smallest absolute Gasteiger partial charge is 0.245 e. The van der Waals surface area contributed by atoms with Gasteiger partial charge in [-0.05, 0) is 44.4 Å². The van der Waals surface area contributed by atoms with E-state index in [1.165, 1.54) is 11.6 Å². The molecule has 1 N–H and O–H groups in total. The van der Waals surface area contributed by atoms with Gasteiger partial charge in [-0.15, -0.1) is 0 Å². The number of carbonyl (C=O) groups is 1. The second-order valence-corrected chi connectivity index (χ2v) is 10.1. The molecular weight excluding hydrogens is 426 g/mol. The SMILES string of the molecule is C=CC(=O)N1CC2(CC(c3nc(-c4cn(C)nc4C)c(-c4c(C)ccc5[nH]ncc45)n3C)C2)C1. The zero-order valence-corrected chi connectivity index (χ0v) is 20.1. The Morgan fingerprint density at radius 1 is 1.24 bits per heavy atom. The van der Waals surface area contributed by atoms with Crippen molar-refractivity contribution >= 4 is 16.8 Å². The molecule has 2 aliphatic rings. The van der Waals surface area contributed by atoms with E-state index in [1.54, 1.807) is 0 Å². The minimum absolute atomic E-state index is 0.0337. The Morgan fingerprint density at radius 2 is 2.00 bits per heavy atom. The topological polar surface area (TPSA) is 84.6 Å². The monoisotopic (exact) mass is 455 g/mol. The maximum atomic E-state index is 11.9. The predicted octanol–water partition coefficient (Wildman–Crippen LogP) is 3.87. The Labute approximate surface area is 198 Å². The van der Waals surface area contributed by atoms with Gasteiger partial charge in [0.1, 0.15) is 11.5 Å². The standard InChI is InChI=1S/C26H29N7O/c1-6-21(34)33-13-26(14-33)9-17(10-26)25-28-23(19-12-31(4)30-16(19)3)24(32(25)5)22-15(2)7-8-20-18(22)11-27-29-20/h6-8,11-12,17H,1,9-10,13-14H2,2-5H3,(H,27,29). The van der Waals surface area contributed by atoms with E-state index in [1.807, 2.05) is 29.7 Å². The van der Waals surface area contributed by atoms with Crippen molar-refractivity contribution in [3.8, 4) is 22.5 Å². The average molecular weight is 456 g/mol. The molecule has 2 fully saturated rings. The lowest BCUT2D eigenvalue weighted by atomic mass is 9.57. The summed E-state index contributed by atoms with van der Waals surface area (Å²) in [5, 5.41) is 13.1. The Kier molecular flexibility index (Phi) is 4.40. The molecule has 4 heterocycles. The number of aromatic amines is 1. The Balaban J connectivity index is 1.44. The zero-order chi connectivity index (χ0) is 23.8. The van der Waals surface area contributed by atoms with Gasteiger partial charge in [0.2, 0.25) is 5.91 Å². The summed E-state index contributed by atoms with van der Waals surface area (Å²) >= 11 is 0. The number of likely N-dealkylation sites (tertiary alicyclic amines) is 1. The van der Waals surface area contributed by atoms with Crippen molar-refractivity contribution in [3.05, 3.63) is 54.3 Å². The van der Waals surface area contributed by atoms with Gasteiger partial charge in [-0.3, -0.25) is 14.6 Å². The van der Waals surface area contributed by atoms with Crippen LogP contribution in [0.1, 0.15) is 35.8 Å². The van der Waals surface area contributed by atoms with E-state index in [0.29, 0.717) is 5.92 Å². The van der Waals surface area contributed by atoms with Crippen LogP contribution in [0.2, 0.25) is 0 Å². The molecule has 1 aliphatic carbocycles. The largest absolute Gasteiger partial charge is 0.338 e. The number of hydrogen-bond donors (Lipinski definition) is 1. The molecule has 0 bridgehead atoms. The Bertz CT molecular complexity index is 1460. The molecule has 4 aromatic rings. The minimum Gasteiger partial charge on any atom is -0.338 e. The molecule has 1 aliphatic heterocycles. The quantitative estimate of drug-likeness (QED) is 0.474. The Morgan fingerprint density at radius 3 is 2.68 bits per heavy atom. The summed E-state index contributed by atoms with van der Waals surface area (Å²) in [4.78, 5) is 19.1. The fourth-order valence-electron chi connectivity index (χ4n) is 6.10. The molecule has 174 valence electrons. The molecule has 6 rings (SSSR count). The number of H-pyrrole nitrogens is 1. The van der Waals surface area contributed by atoms with Gasteiger partial charge in [-0.1, -0.05) is 12.6 Å². The third-order valence-electron chi connectivity index (χ3n) is 7.73. The van der Waals surface area contributed by atoms with Crippen LogP contribution in [-0.4, -0.2) is 53.4 Å². The molecule has 34 heavy (non-hydrogen) atoms. The summed E-state index contributed by atoms with van der Waals surface area (Å²) in [6, 6.07) is 4.22. The van der Waals surface area contributed by atoms with Crippen LogP contribution in [0.4, 0.5) is 0 Å². The number of imidazole rings is 1. The number of aromatic nitrogens is 6. The molecule has 8 nitrogen and oxygen atoms in total. The number of amides is 1. The number of aryl methyl sites for hydroxylation is 3. The van der Waals surface area contributed by atoms with Gasteiger partial charge >= 0.3 is 0 Å². The first-order chi connectivity index (χ1) is 16.3. The van der Waals surface area contributed by atoms with Crippen molar-refractivity contribution < 1.29 is 4.79 Å². The van der Waals surface area contributed by atoms with Crippen LogP contribution in [0.5, 0.6) is 0 Å². The van der Waals surface area contributed by atoms with Crippen LogP contribution in [0.25, 0.3) is 33.4 Å². The van der Waals surface area contributed by atoms with Gasteiger partial charge in [0, 0.05) is 61.2 Å². The Hall–Kier alpha value is -3.68. The third-order valence-corrected chi connectivity index (χ3v) is 7.73. The third kappa shape index (κ3) is 2.90. The van der Waals surface area contributed by atoms with E-state index >= 15 is 0 Å². The highest BCUT2D eigenvalue weighted by atomic mass is 16.2. The van der Waals surface area contributed by atoms with Crippen molar-refractivity contribution in [1.29, 1.82) is 0 Å². The van der Waals surface area contributed by atoms with Crippen molar-refractivity contribution in [2.75, 3.05) is 13.1 Å². The lowest BCUT2D eigenvalue weighted by molar-refractivity contribution is -0.146. The first-order valence-corrected chi connectivity index (χ1v) is 11.7. The van der Waals surface area contributed by atoms with Crippen LogP contribution in [0.3, 0.4) is 0 Å². The molecule has 8 heteroatoms. The summed E-state index contributed by atoms with van der Waals surface area (Å²) in [6.07, 6.45) is 7.48.